The molecule has 1 unspecified atom stereocenters. The Balaban J connectivity index is 2.30. The lowest BCUT2D eigenvalue weighted by atomic mass is 10.1. The topological polar surface area (TPSA) is 76.1 Å². The fourth-order valence-corrected chi connectivity index (χ4v) is 2.98. The lowest BCUT2D eigenvalue weighted by Gasteiger charge is -2.19. The third kappa shape index (κ3) is 6.37. The first-order valence-corrected chi connectivity index (χ1v) is 10.0. The molecule has 2 rings (SSSR count). The van der Waals surface area contributed by atoms with Crippen LogP contribution in [0.1, 0.15) is 44.9 Å². The molecule has 0 fully saturated rings. The summed E-state index contributed by atoms with van der Waals surface area (Å²) in [6.45, 7) is 8.40. The zero-order chi connectivity index (χ0) is 22.1. The molecule has 0 saturated carbocycles. The summed E-state index contributed by atoms with van der Waals surface area (Å²) in [7, 11) is 0. The number of allylic oxidation sites excluding steroid dienone is 1. The van der Waals surface area contributed by atoms with Crippen LogP contribution in [-0.2, 0) is 9.59 Å². The highest BCUT2D eigenvalue weighted by atomic mass is 16.5. The number of benzene rings is 2. The Bertz CT molecular complexity index is 888. The minimum Gasteiger partial charge on any atom is -0.482 e. The van der Waals surface area contributed by atoms with Crippen molar-refractivity contribution in [1.82, 2.24) is 4.90 Å². The molecular weight excluding hydrogens is 382 g/mol. The molecule has 160 valence electrons. The van der Waals surface area contributed by atoms with Gasteiger partial charge in [0.05, 0.1) is 0 Å². The van der Waals surface area contributed by atoms with Crippen molar-refractivity contribution < 1.29 is 24.2 Å². The molecule has 0 heterocycles. The summed E-state index contributed by atoms with van der Waals surface area (Å²) >= 11 is 0. The third-order valence-electron chi connectivity index (χ3n) is 4.74. The average Bonchev–Trinajstić information content (AvgIpc) is 2.74. The van der Waals surface area contributed by atoms with Crippen molar-refractivity contribution in [3.63, 3.8) is 0 Å². The molecule has 6 heteroatoms. The van der Waals surface area contributed by atoms with E-state index in [-0.39, 0.29) is 12.0 Å². The van der Waals surface area contributed by atoms with Gasteiger partial charge in [-0.3, -0.25) is 4.79 Å². The Kier molecular flexibility index (Phi) is 8.47. The number of hydrogen-bond donors (Lipinski definition) is 1. The number of rotatable bonds is 10. The van der Waals surface area contributed by atoms with Gasteiger partial charge in [0.1, 0.15) is 6.10 Å². The van der Waals surface area contributed by atoms with E-state index in [2.05, 4.69) is 0 Å². The van der Waals surface area contributed by atoms with Gasteiger partial charge in [-0.05, 0) is 56.5 Å². The number of carbonyl (C=O) groups excluding carboxylic acids is 1. The smallest absolute Gasteiger partial charge is 0.341 e. The van der Waals surface area contributed by atoms with Crippen molar-refractivity contribution in [3.8, 4) is 11.5 Å². The number of nitrogens with zero attached hydrogens (tertiary/aromatic N) is 1. The van der Waals surface area contributed by atoms with E-state index in [1.54, 1.807) is 23.1 Å². The number of carbonyl (C=O) groups is 2. The lowest BCUT2D eigenvalue weighted by molar-refractivity contribution is -0.139. The molecule has 0 bridgehead atoms. The Morgan fingerprint density at radius 3 is 2.33 bits per heavy atom. The first-order valence-electron chi connectivity index (χ1n) is 10.0. The fraction of sp³-hybridized carbons (Fsp3) is 0.333. The average molecular weight is 411 g/mol. The number of amides is 1. The molecule has 0 radical (unpaired) electrons. The van der Waals surface area contributed by atoms with Gasteiger partial charge in [0.25, 0.3) is 0 Å². The van der Waals surface area contributed by atoms with Gasteiger partial charge in [0.15, 0.2) is 18.1 Å². The molecule has 0 spiro atoms. The minimum atomic E-state index is -1.08. The molecule has 0 aliphatic rings. The third-order valence-corrected chi connectivity index (χ3v) is 4.74. The zero-order valence-electron chi connectivity index (χ0n) is 17.9. The molecule has 2 aromatic carbocycles. The first-order chi connectivity index (χ1) is 14.3. The number of likely N-dealkylation sites (N-methyl/N-ethyl adjacent to an activating group) is 1. The Hall–Kier alpha value is -3.28. The second-order valence-corrected chi connectivity index (χ2v) is 6.85. The van der Waals surface area contributed by atoms with Crippen LogP contribution in [0, 0.1) is 0 Å². The summed E-state index contributed by atoms with van der Waals surface area (Å²) in [5.74, 6) is -0.380. The number of carboxylic acids is 1. The predicted molar refractivity (Wildman–Crippen MR) is 117 cm³/mol. The van der Waals surface area contributed by atoms with Crippen LogP contribution in [0.25, 0.3) is 5.57 Å². The van der Waals surface area contributed by atoms with E-state index in [9.17, 15) is 9.59 Å². The van der Waals surface area contributed by atoms with E-state index in [1.807, 2.05) is 64.1 Å². The van der Waals surface area contributed by atoms with Crippen LogP contribution in [0.2, 0.25) is 0 Å². The largest absolute Gasteiger partial charge is 0.482 e. The molecule has 30 heavy (non-hydrogen) atoms. The fourth-order valence-electron chi connectivity index (χ4n) is 2.98. The number of aliphatic carboxylic acids is 1. The van der Waals surface area contributed by atoms with Gasteiger partial charge < -0.3 is 19.5 Å². The zero-order valence-corrected chi connectivity index (χ0v) is 17.9. The highest BCUT2D eigenvalue weighted by Gasteiger charge is 2.15. The Morgan fingerprint density at radius 2 is 1.73 bits per heavy atom. The normalized spacial score (nSPS) is 12.2. The molecular formula is C24H29NO5. The van der Waals surface area contributed by atoms with E-state index < -0.39 is 12.6 Å². The van der Waals surface area contributed by atoms with Gasteiger partial charge in [0, 0.05) is 19.2 Å². The van der Waals surface area contributed by atoms with E-state index in [1.165, 1.54) is 0 Å². The molecule has 0 aliphatic heterocycles. The number of ether oxygens (including phenoxy) is 2. The molecule has 0 saturated heterocycles. The maximum absolute atomic E-state index is 12.4. The molecule has 0 aliphatic carbocycles. The molecule has 1 atom stereocenters. The standard InChI is InChI=1S/C24H29NO5/c1-5-25(6-2)23(26)14-17(3)20-12-13-21(22(15-20)29-16-24(27)28)30-18(4)19-10-8-7-9-11-19/h7-15,18H,5-6,16H2,1-4H3,(H,27,28)/b17-14+. The molecule has 1 amide bonds. The van der Waals surface area contributed by atoms with Gasteiger partial charge >= 0.3 is 5.97 Å². The number of hydrogen-bond acceptors (Lipinski definition) is 4. The Labute approximate surface area is 177 Å². The van der Waals surface area contributed by atoms with E-state index >= 15 is 0 Å². The van der Waals surface area contributed by atoms with Crippen LogP contribution in [0.5, 0.6) is 11.5 Å². The van der Waals surface area contributed by atoms with Crippen molar-refractivity contribution in [2.75, 3.05) is 19.7 Å². The van der Waals surface area contributed by atoms with Crippen molar-refractivity contribution in [2.45, 2.75) is 33.8 Å². The lowest BCUT2D eigenvalue weighted by Crippen LogP contribution is -2.28. The first kappa shape index (κ1) is 23.0. The summed E-state index contributed by atoms with van der Waals surface area (Å²) in [5.41, 5.74) is 2.51. The van der Waals surface area contributed by atoms with Gasteiger partial charge in [-0.15, -0.1) is 0 Å². The summed E-state index contributed by atoms with van der Waals surface area (Å²) in [6, 6.07) is 15.0. The summed E-state index contributed by atoms with van der Waals surface area (Å²) in [4.78, 5) is 25.1. The maximum atomic E-state index is 12.4. The van der Waals surface area contributed by atoms with E-state index in [0.29, 0.717) is 24.6 Å². The Morgan fingerprint density at radius 1 is 1.07 bits per heavy atom. The van der Waals surface area contributed by atoms with Crippen molar-refractivity contribution in [1.29, 1.82) is 0 Å². The predicted octanol–water partition coefficient (Wildman–Crippen LogP) is 4.56. The van der Waals surface area contributed by atoms with E-state index in [0.717, 1.165) is 16.7 Å². The van der Waals surface area contributed by atoms with E-state index in [4.69, 9.17) is 14.6 Å². The SMILES string of the molecule is CCN(CC)C(=O)/C=C(\C)c1ccc(OC(C)c2ccccc2)c(OCC(=O)O)c1. The van der Waals surface area contributed by atoms with Gasteiger partial charge in [-0.1, -0.05) is 36.4 Å². The molecule has 6 nitrogen and oxygen atoms in total. The highest BCUT2D eigenvalue weighted by molar-refractivity contribution is 5.95. The van der Waals surface area contributed by atoms with Crippen molar-refractivity contribution >= 4 is 17.4 Å². The van der Waals surface area contributed by atoms with Gasteiger partial charge in [-0.2, -0.15) is 0 Å². The highest BCUT2D eigenvalue weighted by Crippen LogP contribution is 2.34. The van der Waals surface area contributed by atoms with Gasteiger partial charge in [-0.25, -0.2) is 4.79 Å². The number of carboxylic acid groups (broad SMARTS) is 1. The van der Waals surface area contributed by atoms with Crippen LogP contribution in [0.15, 0.2) is 54.6 Å². The summed E-state index contributed by atoms with van der Waals surface area (Å²) in [6.07, 6.45) is 1.33. The molecule has 1 N–H and O–H groups in total. The molecule has 0 aromatic heterocycles. The molecule has 2 aromatic rings. The second-order valence-electron chi connectivity index (χ2n) is 6.85. The van der Waals surface area contributed by atoms with Crippen LogP contribution in [0.3, 0.4) is 0 Å². The van der Waals surface area contributed by atoms with Gasteiger partial charge in [0.2, 0.25) is 5.91 Å². The van der Waals surface area contributed by atoms with Crippen LogP contribution >= 0.6 is 0 Å². The van der Waals surface area contributed by atoms with Crippen LogP contribution in [-0.4, -0.2) is 41.6 Å². The summed E-state index contributed by atoms with van der Waals surface area (Å²) in [5, 5.41) is 9.01. The maximum Gasteiger partial charge on any atom is 0.341 e. The quantitative estimate of drug-likeness (QED) is 0.580. The summed E-state index contributed by atoms with van der Waals surface area (Å²) < 4.78 is 11.5. The minimum absolute atomic E-state index is 0.0662. The van der Waals surface area contributed by atoms with Crippen LogP contribution < -0.4 is 9.47 Å². The monoisotopic (exact) mass is 411 g/mol. The van der Waals surface area contributed by atoms with Crippen molar-refractivity contribution in [2.24, 2.45) is 0 Å². The second kappa shape index (κ2) is 11.0. The van der Waals surface area contributed by atoms with Crippen molar-refractivity contribution in [3.05, 3.63) is 65.7 Å². The van der Waals surface area contributed by atoms with Crippen LogP contribution in [0.4, 0.5) is 0 Å².